The van der Waals surface area contributed by atoms with Gasteiger partial charge in [-0.2, -0.15) is 14.0 Å². The van der Waals surface area contributed by atoms with Gasteiger partial charge in [-0.15, -0.1) is 0 Å². The standard InChI is InChI=1S/C17H20F2N2O5/c1-10(2)17(3,9-20)21-14(22)8-25-15(23)11-5-6-12(26-16(18)19)13(7-11)24-4/h5-7,10,16H,8H2,1-4H3,(H,21,22)/t17-/m1/s1. The number of benzene rings is 1. The molecule has 1 atom stereocenters. The van der Waals surface area contributed by atoms with Gasteiger partial charge in [0.1, 0.15) is 5.54 Å². The van der Waals surface area contributed by atoms with Crippen molar-refractivity contribution in [1.29, 1.82) is 5.26 Å². The SMILES string of the molecule is COc1cc(C(=O)OCC(=O)N[C@](C)(C#N)C(C)C)ccc1OC(F)F. The van der Waals surface area contributed by atoms with Gasteiger partial charge in [-0.05, 0) is 31.0 Å². The lowest BCUT2D eigenvalue weighted by molar-refractivity contribution is -0.125. The van der Waals surface area contributed by atoms with E-state index in [0.717, 1.165) is 12.1 Å². The molecule has 0 aromatic heterocycles. The molecule has 26 heavy (non-hydrogen) atoms. The molecule has 0 unspecified atom stereocenters. The molecule has 0 bridgehead atoms. The minimum absolute atomic E-state index is 0.0110. The van der Waals surface area contributed by atoms with Crippen LogP contribution in [0.15, 0.2) is 18.2 Å². The summed E-state index contributed by atoms with van der Waals surface area (Å²) in [7, 11) is 1.23. The number of nitriles is 1. The molecule has 142 valence electrons. The van der Waals surface area contributed by atoms with Gasteiger partial charge in [0.15, 0.2) is 18.1 Å². The molecule has 1 rings (SSSR count). The Labute approximate surface area is 149 Å². The van der Waals surface area contributed by atoms with E-state index in [9.17, 15) is 18.4 Å². The monoisotopic (exact) mass is 370 g/mol. The average Bonchev–Trinajstić information content (AvgIpc) is 2.59. The number of ether oxygens (including phenoxy) is 3. The van der Waals surface area contributed by atoms with Gasteiger partial charge in [0.25, 0.3) is 5.91 Å². The maximum Gasteiger partial charge on any atom is 0.387 e. The van der Waals surface area contributed by atoms with Crippen LogP contribution in [-0.2, 0) is 9.53 Å². The minimum Gasteiger partial charge on any atom is -0.493 e. The van der Waals surface area contributed by atoms with Gasteiger partial charge in [0.2, 0.25) is 0 Å². The second-order valence-electron chi connectivity index (χ2n) is 5.84. The summed E-state index contributed by atoms with van der Waals surface area (Å²) in [6.45, 7) is 1.46. The van der Waals surface area contributed by atoms with Crippen LogP contribution in [0.3, 0.4) is 0 Å². The Morgan fingerprint density at radius 1 is 1.31 bits per heavy atom. The Balaban J connectivity index is 2.74. The number of esters is 1. The third-order valence-corrected chi connectivity index (χ3v) is 3.74. The fourth-order valence-electron chi connectivity index (χ4n) is 1.83. The van der Waals surface area contributed by atoms with E-state index in [-0.39, 0.29) is 23.0 Å². The van der Waals surface area contributed by atoms with Crippen molar-refractivity contribution in [2.24, 2.45) is 5.92 Å². The lowest BCUT2D eigenvalue weighted by Crippen LogP contribution is -2.50. The van der Waals surface area contributed by atoms with Gasteiger partial charge in [-0.3, -0.25) is 4.79 Å². The van der Waals surface area contributed by atoms with Gasteiger partial charge < -0.3 is 19.5 Å². The highest BCUT2D eigenvalue weighted by atomic mass is 19.3. The number of carbonyl (C=O) groups excluding carboxylic acids is 2. The van der Waals surface area contributed by atoms with Crippen molar-refractivity contribution < 1.29 is 32.6 Å². The zero-order valence-corrected chi connectivity index (χ0v) is 14.8. The van der Waals surface area contributed by atoms with E-state index >= 15 is 0 Å². The van der Waals surface area contributed by atoms with Gasteiger partial charge in [-0.25, -0.2) is 4.79 Å². The first-order chi connectivity index (χ1) is 12.1. The van der Waals surface area contributed by atoms with Crippen molar-refractivity contribution in [2.45, 2.75) is 32.9 Å². The van der Waals surface area contributed by atoms with Crippen molar-refractivity contribution in [1.82, 2.24) is 5.32 Å². The van der Waals surface area contributed by atoms with Crippen molar-refractivity contribution in [3.05, 3.63) is 23.8 Å². The van der Waals surface area contributed by atoms with Crippen LogP contribution >= 0.6 is 0 Å². The molecule has 7 nitrogen and oxygen atoms in total. The molecule has 0 aliphatic carbocycles. The van der Waals surface area contributed by atoms with E-state index in [1.807, 2.05) is 6.07 Å². The summed E-state index contributed by atoms with van der Waals surface area (Å²) >= 11 is 0. The van der Waals surface area contributed by atoms with Crippen LogP contribution < -0.4 is 14.8 Å². The van der Waals surface area contributed by atoms with E-state index in [1.54, 1.807) is 20.8 Å². The predicted octanol–water partition coefficient (Wildman–Crippen LogP) is 2.51. The number of rotatable bonds is 8. The second kappa shape index (κ2) is 8.99. The number of alkyl halides is 2. The van der Waals surface area contributed by atoms with E-state index in [2.05, 4.69) is 10.1 Å². The fraction of sp³-hybridized carbons (Fsp3) is 0.471. The van der Waals surface area contributed by atoms with Crippen LogP contribution in [0, 0.1) is 17.2 Å². The fourth-order valence-corrected chi connectivity index (χ4v) is 1.83. The predicted molar refractivity (Wildman–Crippen MR) is 86.9 cm³/mol. The molecule has 0 radical (unpaired) electrons. The van der Waals surface area contributed by atoms with Gasteiger partial charge in [-0.1, -0.05) is 13.8 Å². The average molecular weight is 370 g/mol. The number of nitrogens with zero attached hydrogens (tertiary/aromatic N) is 1. The van der Waals surface area contributed by atoms with Crippen LogP contribution in [0.25, 0.3) is 0 Å². The molecule has 1 aromatic carbocycles. The van der Waals surface area contributed by atoms with Crippen LogP contribution in [0.5, 0.6) is 11.5 Å². The summed E-state index contributed by atoms with van der Waals surface area (Å²) in [5, 5.41) is 11.7. The number of halogens is 2. The third kappa shape index (κ3) is 5.58. The molecule has 1 N–H and O–H groups in total. The highest BCUT2D eigenvalue weighted by Crippen LogP contribution is 2.29. The molecule has 1 aromatic rings. The second-order valence-corrected chi connectivity index (χ2v) is 5.84. The van der Waals surface area contributed by atoms with Gasteiger partial charge >= 0.3 is 12.6 Å². The summed E-state index contributed by atoms with van der Waals surface area (Å²) in [6, 6.07) is 5.49. The molecule has 0 heterocycles. The largest absolute Gasteiger partial charge is 0.493 e. The van der Waals surface area contributed by atoms with E-state index in [1.165, 1.54) is 13.2 Å². The molecule has 0 aliphatic heterocycles. The third-order valence-electron chi connectivity index (χ3n) is 3.74. The summed E-state index contributed by atoms with van der Waals surface area (Å²) in [5.74, 6) is -1.97. The lowest BCUT2D eigenvalue weighted by Gasteiger charge is -2.27. The maximum atomic E-state index is 12.3. The topological polar surface area (TPSA) is 97.6 Å². The quantitative estimate of drug-likeness (QED) is 0.706. The Morgan fingerprint density at radius 3 is 2.46 bits per heavy atom. The van der Waals surface area contributed by atoms with E-state index in [4.69, 9.17) is 14.7 Å². The number of carbonyl (C=O) groups is 2. The number of amides is 1. The molecule has 1 amide bonds. The highest BCUT2D eigenvalue weighted by Gasteiger charge is 2.30. The van der Waals surface area contributed by atoms with Crippen LogP contribution in [0.2, 0.25) is 0 Å². The van der Waals surface area contributed by atoms with E-state index in [0.29, 0.717) is 0 Å². The summed E-state index contributed by atoms with van der Waals surface area (Å²) in [4.78, 5) is 23.9. The number of nitrogens with one attached hydrogen (secondary N) is 1. The molecule has 0 spiro atoms. The first-order valence-corrected chi connectivity index (χ1v) is 7.65. The maximum absolute atomic E-state index is 12.3. The number of hydrogen-bond acceptors (Lipinski definition) is 6. The molecule has 0 saturated heterocycles. The Bertz CT molecular complexity index is 703. The van der Waals surface area contributed by atoms with Crippen molar-refractivity contribution in [2.75, 3.05) is 13.7 Å². The molecule has 0 aliphatic rings. The molecular weight excluding hydrogens is 350 g/mol. The summed E-state index contributed by atoms with van der Waals surface area (Å²) in [6.07, 6.45) is 0. The normalized spacial score (nSPS) is 12.9. The number of methoxy groups -OCH3 is 1. The zero-order chi connectivity index (χ0) is 19.9. The molecule has 9 heteroatoms. The zero-order valence-electron chi connectivity index (χ0n) is 14.8. The lowest BCUT2D eigenvalue weighted by atomic mass is 9.90. The van der Waals surface area contributed by atoms with E-state index < -0.39 is 30.6 Å². The van der Waals surface area contributed by atoms with Crippen molar-refractivity contribution in [3.8, 4) is 17.6 Å². The van der Waals surface area contributed by atoms with Gasteiger partial charge in [0.05, 0.1) is 18.7 Å². The van der Waals surface area contributed by atoms with Crippen LogP contribution in [0.4, 0.5) is 8.78 Å². The first-order valence-electron chi connectivity index (χ1n) is 7.65. The summed E-state index contributed by atoms with van der Waals surface area (Å²) in [5.41, 5.74) is -1.11. The molecule has 0 saturated carbocycles. The van der Waals surface area contributed by atoms with Crippen molar-refractivity contribution in [3.63, 3.8) is 0 Å². The first kappa shape index (κ1) is 21.2. The van der Waals surface area contributed by atoms with Crippen molar-refractivity contribution >= 4 is 11.9 Å². The molecular formula is C17H20F2N2O5. The smallest absolute Gasteiger partial charge is 0.387 e. The Kier molecular flexibility index (Phi) is 7.31. The van der Waals surface area contributed by atoms with Crippen LogP contribution in [-0.4, -0.2) is 37.7 Å². The number of hydrogen-bond donors (Lipinski definition) is 1. The van der Waals surface area contributed by atoms with Crippen LogP contribution in [0.1, 0.15) is 31.1 Å². The summed E-state index contributed by atoms with van der Waals surface area (Å²) < 4.78 is 38.6. The highest BCUT2D eigenvalue weighted by molar-refractivity contribution is 5.92. The Morgan fingerprint density at radius 2 is 1.96 bits per heavy atom. The Hall–Kier alpha value is -2.89. The van der Waals surface area contributed by atoms with Gasteiger partial charge in [0, 0.05) is 0 Å². The molecule has 0 fully saturated rings. The minimum atomic E-state index is -3.04.